The first-order valence-electron chi connectivity index (χ1n) is 9.01. The van der Waals surface area contributed by atoms with E-state index in [0.717, 1.165) is 12.1 Å². The van der Waals surface area contributed by atoms with Crippen molar-refractivity contribution in [2.24, 2.45) is 0 Å². The third-order valence-corrected chi connectivity index (χ3v) is 5.56. The highest BCUT2D eigenvalue weighted by molar-refractivity contribution is 8.18. The minimum atomic E-state index is -0.787. The highest BCUT2D eigenvalue weighted by atomic mass is 35.5. The van der Waals surface area contributed by atoms with Gasteiger partial charge in [0.1, 0.15) is 6.54 Å². The zero-order chi connectivity index (χ0) is 24.3. The predicted molar refractivity (Wildman–Crippen MR) is 119 cm³/mol. The number of rotatable bonds is 6. The summed E-state index contributed by atoms with van der Waals surface area (Å²) in [6.07, 6.45) is 1.25. The second-order valence-electron chi connectivity index (χ2n) is 6.51. The summed E-state index contributed by atoms with van der Waals surface area (Å²) in [6, 6.07) is 7.58. The van der Waals surface area contributed by atoms with Crippen molar-refractivity contribution in [3.05, 3.63) is 67.6 Å². The molecule has 2 N–H and O–H groups in total. The Balaban J connectivity index is 1.73. The third kappa shape index (κ3) is 5.30. The van der Waals surface area contributed by atoms with E-state index in [0.29, 0.717) is 16.7 Å². The quantitative estimate of drug-likeness (QED) is 0.267. The van der Waals surface area contributed by atoms with E-state index in [4.69, 9.17) is 11.6 Å². The van der Waals surface area contributed by atoms with E-state index < -0.39 is 45.9 Å². The molecule has 0 spiro atoms. The molecule has 1 heterocycles. The lowest BCUT2D eigenvalue weighted by Crippen LogP contribution is -2.36. The summed E-state index contributed by atoms with van der Waals surface area (Å²) in [5.74, 6) is -2.72. The van der Waals surface area contributed by atoms with Gasteiger partial charge in [0.25, 0.3) is 11.1 Å². The van der Waals surface area contributed by atoms with Crippen LogP contribution in [0.1, 0.15) is 15.9 Å². The molecule has 1 fully saturated rings. The Hall–Kier alpha value is -3.90. The average molecular weight is 492 g/mol. The normalized spacial score (nSPS) is 14.5. The smallest absolute Gasteiger partial charge is 0.339 e. The molecule has 0 bridgehead atoms. The molecule has 0 radical (unpaired) electrons. The zero-order valence-electron chi connectivity index (χ0n) is 16.7. The Labute approximate surface area is 195 Å². The van der Waals surface area contributed by atoms with Crippen molar-refractivity contribution in [1.29, 1.82) is 0 Å². The first kappa shape index (κ1) is 23.8. The van der Waals surface area contributed by atoms with Crippen LogP contribution in [0.4, 0.5) is 16.2 Å². The zero-order valence-corrected chi connectivity index (χ0v) is 18.3. The van der Waals surface area contributed by atoms with E-state index in [1.807, 2.05) is 0 Å². The summed E-state index contributed by atoms with van der Waals surface area (Å²) in [4.78, 5) is 59.8. The molecular weight excluding hydrogens is 478 g/mol. The summed E-state index contributed by atoms with van der Waals surface area (Å²) < 4.78 is 4.61. The van der Waals surface area contributed by atoms with Gasteiger partial charge >= 0.3 is 11.7 Å². The molecule has 0 aromatic heterocycles. The van der Waals surface area contributed by atoms with E-state index in [9.17, 15) is 34.4 Å². The monoisotopic (exact) mass is 491 g/mol. The molecule has 0 unspecified atom stereocenters. The van der Waals surface area contributed by atoms with Gasteiger partial charge in [0, 0.05) is 11.8 Å². The molecule has 0 atom stereocenters. The minimum Gasteiger partial charge on any atom is -0.502 e. The fraction of sp³-hybridized carbons (Fsp3) is 0.100. The highest BCUT2D eigenvalue weighted by Crippen LogP contribution is 2.34. The van der Waals surface area contributed by atoms with Crippen LogP contribution in [0.3, 0.4) is 0 Å². The number of amides is 3. The molecular formula is C20H14ClN3O8S. The van der Waals surface area contributed by atoms with Crippen LogP contribution in [0.15, 0.2) is 41.3 Å². The Morgan fingerprint density at radius 3 is 2.67 bits per heavy atom. The van der Waals surface area contributed by atoms with Crippen molar-refractivity contribution in [2.45, 2.75) is 0 Å². The van der Waals surface area contributed by atoms with Crippen LogP contribution in [0.25, 0.3) is 6.08 Å². The number of halogens is 1. The van der Waals surface area contributed by atoms with Crippen molar-refractivity contribution in [1.82, 2.24) is 4.90 Å². The van der Waals surface area contributed by atoms with Gasteiger partial charge in [-0.15, -0.1) is 0 Å². The number of hydrogen-bond donors (Lipinski definition) is 2. The number of methoxy groups -OCH3 is 1. The van der Waals surface area contributed by atoms with Crippen molar-refractivity contribution >= 4 is 63.8 Å². The van der Waals surface area contributed by atoms with Crippen LogP contribution in [0, 0.1) is 10.1 Å². The van der Waals surface area contributed by atoms with Crippen LogP contribution < -0.4 is 5.32 Å². The summed E-state index contributed by atoms with van der Waals surface area (Å²) in [7, 11) is 1.17. The molecule has 0 saturated carbocycles. The van der Waals surface area contributed by atoms with Crippen LogP contribution >= 0.6 is 23.4 Å². The predicted octanol–water partition coefficient (Wildman–Crippen LogP) is 3.42. The molecule has 170 valence electrons. The molecule has 3 rings (SSSR count). The number of imide groups is 1. The Kier molecular flexibility index (Phi) is 6.99. The lowest BCUT2D eigenvalue weighted by Gasteiger charge is -2.13. The molecule has 3 amide bonds. The summed E-state index contributed by atoms with van der Waals surface area (Å²) in [6.45, 7) is -0.603. The van der Waals surface area contributed by atoms with E-state index in [1.165, 1.54) is 37.5 Å². The number of benzene rings is 2. The fourth-order valence-corrected chi connectivity index (χ4v) is 3.81. The Morgan fingerprint density at radius 1 is 1.27 bits per heavy atom. The number of ether oxygens (including phenoxy) is 1. The van der Waals surface area contributed by atoms with E-state index in [-0.39, 0.29) is 26.7 Å². The molecule has 0 aliphatic carbocycles. The van der Waals surface area contributed by atoms with Gasteiger partial charge in [-0.05, 0) is 47.7 Å². The van der Waals surface area contributed by atoms with E-state index in [2.05, 4.69) is 10.1 Å². The number of nitro benzene ring substituents is 1. The summed E-state index contributed by atoms with van der Waals surface area (Å²) >= 11 is 6.49. The van der Waals surface area contributed by atoms with Gasteiger partial charge in [0.15, 0.2) is 5.75 Å². The van der Waals surface area contributed by atoms with Crippen molar-refractivity contribution in [2.75, 3.05) is 19.0 Å². The molecule has 33 heavy (non-hydrogen) atoms. The maximum absolute atomic E-state index is 12.6. The Morgan fingerprint density at radius 2 is 2.00 bits per heavy atom. The van der Waals surface area contributed by atoms with Gasteiger partial charge in [-0.25, -0.2) is 4.79 Å². The van der Waals surface area contributed by atoms with Gasteiger partial charge in [-0.1, -0.05) is 17.7 Å². The lowest BCUT2D eigenvalue weighted by atomic mass is 10.1. The van der Waals surface area contributed by atoms with Crippen LogP contribution in [-0.4, -0.2) is 51.6 Å². The molecule has 2 aromatic carbocycles. The SMILES string of the molecule is COC(=O)c1cc(NC(=O)CN2C(=O)S/C(=C/c3ccc(O)c([N+](=O)[O-])c3)C2=O)ccc1Cl. The number of nitro groups is 1. The molecule has 1 aliphatic rings. The maximum Gasteiger partial charge on any atom is 0.339 e. The number of hydrogen-bond acceptors (Lipinski definition) is 9. The van der Waals surface area contributed by atoms with Gasteiger partial charge in [0.2, 0.25) is 5.91 Å². The first-order chi connectivity index (χ1) is 15.6. The maximum atomic E-state index is 12.6. The minimum absolute atomic E-state index is 0.0223. The molecule has 1 saturated heterocycles. The van der Waals surface area contributed by atoms with Crippen molar-refractivity contribution in [3.63, 3.8) is 0 Å². The summed E-state index contributed by atoms with van der Waals surface area (Å²) in [5.41, 5.74) is -0.125. The third-order valence-electron chi connectivity index (χ3n) is 4.32. The largest absolute Gasteiger partial charge is 0.502 e. The highest BCUT2D eigenvalue weighted by Gasteiger charge is 2.36. The van der Waals surface area contributed by atoms with Crippen molar-refractivity contribution in [3.8, 4) is 5.75 Å². The topological polar surface area (TPSA) is 156 Å². The van der Waals surface area contributed by atoms with Gasteiger partial charge < -0.3 is 15.2 Å². The number of carbonyl (C=O) groups is 4. The number of thioether (sulfide) groups is 1. The van der Waals surface area contributed by atoms with Gasteiger partial charge in [0.05, 0.1) is 27.5 Å². The van der Waals surface area contributed by atoms with E-state index >= 15 is 0 Å². The summed E-state index contributed by atoms with van der Waals surface area (Å²) in [5, 5.41) is 22.4. The number of carbonyl (C=O) groups excluding carboxylic acids is 4. The second-order valence-corrected chi connectivity index (χ2v) is 7.91. The molecule has 2 aromatic rings. The van der Waals surface area contributed by atoms with Crippen LogP contribution in [0.2, 0.25) is 5.02 Å². The number of phenols is 1. The average Bonchev–Trinajstić information content (AvgIpc) is 3.02. The molecule has 1 aliphatic heterocycles. The van der Waals surface area contributed by atoms with Crippen LogP contribution in [-0.2, 0) is 14.3 Å². The van der Waals surface area contributed by atoms with Gasteiger partial charge in [-0.2, -0.15) is 0 Å². The fourth-order valence-electron chi connectivity index (χ4n) is 2.78. The number of anilines is 1. The number of aromatic hydroxyl groups is 1. The number of esters is 1. The first-order valence-corrected chi connectivity index (χ1v) is 10.2. The van der Waals surface area contributed by atoms with E-state index in [1.54, 1.807) is 0 Å². The Bertz CT molecular complexity index is 1230. The lowest BCUT2D eigenvalue weighted by molar-refractivity contribution is -0.385. The number of phenolic OH excluding ortho intramolecular Hbond substituents is 1. The van der Waals surface area contributed by atoms with Crippen molar-refractivity contribution < 1.29 is 33.9 Å². The molecule has 13 heteroatoms. The van der Waals surface area contributed by atoms with Gasteiger partial charge in [-0.3, -0.25) is 29.4 Å². The number of nitrogens with zero attached hydrogens (tertiary/aromatic N) is 2. The van der Waals surface area contributed by atoms with Crippen LogP contribution in [0.5, 0.6) is 5.75 Å². The molecule has 11 nitrogen and oxygen atoms in total. The number of nitrogens with one attached hydrogen (secondary N) is 1. The standard InChI is InChI=1S/C20H14ClN3O8S/c1-32-19(28)12-8-11(3-4-13(12)21)22-17(26)9-23-18(27)16(33-20(23)29)7-10-2-5-15(25)14(6-10)24(30)31/h2-8,25H,9H2,1H3,(H,22,26)/b16-7+. The second kappa shape index (κ2) is 9.71.